The van der Waals surface area contributed by atoms with Crippen LogP contribution in [0, 0.1) is 0 Å². The number of ether oxygens (including phenoxy) is 1. The number of aromatic nitrogens is 2. The van der Waals surface area contributed by atoms with Crippen molar-refractivity contribution in [3.8, 4) is 5.82 Å². The molecule has 0 spiro atoms. The molecule has 0 fully saturated rings. The van der Waals surface area contributed by atoms with E-state index < -0.39 is 5.97 Å². The lowest BCUT2D eigenvalue weighted by Gasteiger charge is -2.10. The minimum Gasteiger partial charge on any atom is -0.478 e. The highest BCUT2D eigenvalue weighted by Crippen LogP contribution is 2.23. The standard InChI is InChI=1S/C16H14N2O3/c1-21-10-13-3-2-7-17-15(13)18-8-6-11-9-12(16(19)20)4-5-14(11)18/h2-9H,10H2,1H3,(H,19,20). The van der Waals surface area contributed by atoms with E-state index >= 15 is 0 Å². The van der Waals surface area contributed by atoms with Crippen LogP contribution in [-0.4, -0.2) is 27.7 Å². The molecule has 21 heavy (non-hydrogen) atoms. The highest BCUT2D eigenvalue weighted by Gasteiger charge is 2.11. The number of hydrogen-bond donors (Lipinski definition) is 1. The highest BCUT2D eigenvalue weighted by molar-refractivity contribution is 5.94. The molecule has 0 aliphatic rings. The Hall–Kier alpha value is -2.66. The summed E-state index contributed by atoms with van der Waals surface area (Å²) in [5.41, 5.74) is 2.16. The SMILES string of the molecule is COCc1cccnc1-n1ccc2cc(C(=O)O)ccc21. The molecule has 0 bridgehead atoms. The number of fused-ring (bicyclic) bond motifs is 1. The van der Waals surface area contributed by atoms with Gasteiger partial charge in [-0.05, 0) is 30.3 Å². The molecule has 1 aromatic carbocycles. The Labute approximate surface area is 121 Å². The molecule has 5 nitrogen and oxygen atoms in total. The van der Waals surface area contributed by atoms with Gasteiger partial charge in [-0.25, -0.2) is 9.78 Å². The van der Waals surface area contributed by atoms with Gasteiger partial charge >= 0.3 is 5.97 Å². The van der Waals surface area contributed by atoms with Crippen molar-refractivity contribution in [3.05, 3.63) is 59.9 Å². The average Bonchev–Trinajstić information content (AvgIpc) is 2.91. The minimum absolute atomic E-state index is 0.276. The van der Waals surface area contributed by atoms with E-state index in [2.05, 4.69) is 4.98 Å². The second-order valence-corrected chi connectivity index (χ2v) is 4.68. The van der Waals surface area contributed by atoms with Crippen molar-refractivity contribution in [2.45, 2.75) is 6.61 Å². The number of hydrogen-bond acceptors (Lipinski definition) is 3. The maximum Gasteiger partial charge on any atom is 0.335 e. The number of aromatic carboxylic acids is 1. The minimum atomic E-state index is -0.928. The molecular formula is C16H14N2O3. The van der Waals surface area contributed by atoms with Gasteiger partial charge in [-0.3, -0.25) is 0 Å². The number of benzene rings is 1. The summed E-state index contributed by atoms with van der Waals surface area (Å²) in [6.07, 6.45) is 3.61. The summed E-state index contributed by atoms with van der Waals surface area (Å²) < 4.78 is 7.14. The molecule has 0 saturated carbocycles. The van der Waals surface area contributed by atoms with Gasteiger partial charge in [-0.1, -0.05) is 6.07 Å². The Morgan fingerprint density at radius 1 is 1.33 bits per heavy atom. The van der Waals surface area contributed by atoms with Crippen molar-refractivity contribution in [3.63, 3.8) is 0 Å². The normalized spacial score (nSPS) is 10.9. The second-order valence-electron chi connectivity index (χ2n) is 4.68. The van der Waals surface area contributed by atoms with Crippen LogP contribution >= 0.6 is 0 Å². The van der Waals surface area contributed by atoms with Crippen molar-refractivity contribution in [1.29, 1.82) is 0 Å². The van der Waals surface area contributed by atoms with Gasteiger partial charge in [-0.2, -0.15) is 0 Å². The highest BCUT2D eigenvalue weighted by atomic mass is 16.5. The van der Waals surface area contributed by atoms with E-state index in [4.69, 9.17) is 9.84 Å². The molecule has 0 saturated heterocycles. The third kappa shape index (κ3) is 2.39. The molecule has 1 N–H and O–H groups in total. The van der Waals surface area contributed by atoms with Crippen LogP contribution in [0.1, 0.15) is 15.9 Å². The van der Waals surface area contributed by atoms with Crippen LogP contribution in [0.3, 0.4) is 0 Å². The van der Waals surface area contributed by atoms with Gasteiger partial charge in [0, 0.05) is 30.5 Å². The van der Waals surface area contributed by atoms with Gasteiger partial charge in [0.1, 0.15) is 5.82 Å². The van der Waals surface area contributed by atoms with Gasteiger partial charge in [0.2, 0.25) is 0 Å². The summed E-state index contributed by atoms with van der Waals surface area (Å²) in [6, 6.07) is 10.8. The lowest BCUT2D eigenvalue weighted by molar-refractivity contribution is 0.0697. The molecule has 0 amide bonds. The number of carboxylic acids is 1. The number of nitrogens with zero attached hydrogens (tertiary/aromatic N) is 2. The second kappa shape index (κ2) is 5.38. The molecule has 3 aromatic rings. The van der Waals surface area contributed by atoms with E-state index in [1.54, 1.807) is 31.5 Å². The van der Waals surface area contributed by atoms with Gasteiger partial charge in [-0.15, -0.1) is 0 Å². The fourth-order valence-corrected chi connectivity index (χ4v) is 2.38. The van der Waals surface area contributed by atoms with Crippen molar-refractivity contribution >= 4 is 16.9 Å². The maximum absolute atomic E-state index is 11.0. The first-order chi connectivity index (χ1) is 10.2. The molecule has 3 rings (SSSR count). The van der Waals surface area contributed by atoms with E-state index in [0.29, 0.717) is 6.61 Å². The topological polar surface area (TPSA) is 64.4 Å². The van der Waals surface area contributed by atoms with Crippen molar-refractivity contribution in [2.75, 3.05) is 7.11 Å². The van der Waals surface area contributed by atoms with E-state index in [1.807, 2.05) is 29.0 Å². The zero-order chi connectivity index (χ0) is 14.8. The van der Waals surface area contributed by atoms with Crippen LogP contribution in [0.2, 0.25) is 0 Å². The van der Waals surface area contributed by atoms with Crippen LogP contribution < -0.4 is 0 Å². The number of pyridine rings is 1. The average molecular weight is 282 g/mol. The van der Waals surface area contributed by atoms with E-state index in [0.717, 1.165) is 22.3 Å². The number of rotatable bonds is 4. The molecule has 2 heterocycles. The lowest BCUT2D eigenvalue weighted by atomic mass is 10.1. The van der Waals surface area contributed by atoms with Gasteiger partial charge in [0.15, 0.2) is 0 Å². The van der Waals surface area contributed by atoms with E-state index in [1.165, 1.54) is 0 Å². The summed E-state index contributed by atoms with van der Waals surface area (Å²) in [5, 5.41) is 9.91. The smallest absolute Gasteiger partial charge is 0.335 e. The predicted molar refractivity (Wildman–Crippen MR) is 78.7 cm³/mol. The summed E-state index contributed by atoms with van der Waals surface area (Å²) in [5.74, 6) is -0.139. The fraction of sp³-hybridized carbons (Fsp3) is 0.125. The van der Waals surface area contributed by atoms with Crippen LogP contribution in [0.4, 0.5) is 0 Å². The summed E-state index contributed by atoms with van der Waals surface area (Å²) in [6.45, 7) is 0.468. The molecule has 0 radical (unpaired) electrons. The Kier molecular flexibility index (Phi) is 3.41. The zero-order valence-corrected chi connectivity index (χ0v) is 11.5. The summed E-state index contributed by atoms with van der Waals surface area (Å²) in [7, 11) is 1.64. The largest absolute Gasteiger partial charge is 0.478 e. The Morgan fingerprint density at radius 3 is 2.95 bits per heavy atom. The first kappa shape index (κ1) is 13.3. The molecule has 2 aromatic heterocycles. The third-order valence-corrected chi connectivity index (χ3v) is 3.33. The van der Waals surface area contributed by atoms with Crippen LogP contribution in [-0.2, 0) is 11.3 Å². The Balaban J connectivity index is 2.15. The molecule has 0 aliphatic heterocycles. The van der Waals surface area contributed by atoms with Gasteiger partial charge in [0.05, 0.1) is 17.7 Å². The van der Waals surface area contributed by atoms with E-state index in [-0.39, 0.29) is 5.56 Å². The molecule has 0 unspecified atom stereocenters. The molecule has 0 aliphatic carbocycles. The van der Waals surface area contributed by atoms with Crippen molar-refractivity contribution < 1.29 is 14.6 Å². The number of carbonyl (C=O) groups is 1. The van der Waals surface area contributed by atoms with Gasteiger partial charge < -0.3 is 14.4 Å². The van der Waals surface area contributed by atoms with Crippen LogP contribution in [0.5, 0.6) is 0 Å². The monoisotopic (exact) mass is 282 g/mol. The zero-order valence-electron chi connectivity index (χ0n) is 11.5. The molecule has 5 heteroatoms. The van der Waals surface area contributed by atoms with Crippen molar-refractivity contribution in [1.82, 2.24) is 9.55 Å². The molecular weight excluding hydrogens is 268 g/mol. The van der Waals surface area contributed by atoms with Crippen LogP contribution in [0.25, 0.3) is 16.7 Å². The third-order valence-electron chi connectivity index (χ3n) is 3.33. The first-order valence-electron chi connectivity index (χ1n) is 6.48. The van der Waals surface area contributed by atoms with Crippen molar-refractivity contribution in [2.24, 2.45) is 0 Å². The quantitative estimate of drug-likeness (QED) is 0.799. The van der Waals surface area contributed by atoms with E-state index in [9.17, 15) is 4.79 Å². The Morgan fingerprint density at radius 2 is 2.19 bits per heavy atom. The molecule has 0 atom stereocenters. The predicted octanol–water partition coefficient (Wildman–Crippen LogP) is 2.87. The van der Waals surface area contributed by atoms with Crippen LogP contribution in [0.15, 0.2) is 48.8 Å². The summed E-state index contributed by atoms with van der Waals surface area (Å²) in [4.78, 5) is 15.4. The molecule has 106 valence electrons. The summed E-state index contributed by atoms with van der Waals surface area (Å²) >= 11 is 0. The Bertz CT molecular complexity index is 808. The van der Waals surface area contributed by atoms with Gasteiger partial charge in [0.25, 0.3) is 0 Å². The number of methoxy groups -OCH3 is 1. The lowest BCUT2D eigenvalue weighted by Crippen LogP contribution is -2.02. The maximum atomic E-state index is 11.0. The fourth-order valence-electron chi connectivity index (χ4n) is 2.38. The first-order valence-corrected chi connectivity index (χ1v) is 6.48. The number of carboxylic acid groups (broad SMARTS) is 1.